The van der Waals surface area contributed by atoms with Crippen molar-refractivity contribution in [1.29, 1.82) is 0 Å². The van der Waals surface area contributed by atoms with Gasteiger partial charge in [0.15, 0.2) is 0 Å². The second-order valence-corrected chi connectivity index (χ2v) is 7.26. The average molecular weight is 387 g/mol. The molecule has 138 valence electrons. The monoisotopic (exact) mass is 387 g/mol. The largest absolute Gasteiger partial charge is 0.488 e. The van der Waals surface area contributed by atoms with E-state index in [1.165, 1.54) is 0 Å². The number of hydrogen-bond acceptors (Lipinski definition) is 4. The van der Waals surface area contributed by atoms with E-state index in [1.807, 2.05) is 78.9 Å². The minimum atomic E-state index is -0.360. The van der Waals surface area contributed by atoms with Gasteiger partial charge in [-0.3, -0.25) is 14.9 Å². The molecule has 0 saturated carbocycles. The molecule has 0 bridgehead atoms. The van der Waals surface area contributed by atoms with Crippen molar-refractivity contribution >= 4 is 29.0 Å². The van der Waals surface area contributed by atoms with Gasteiger partial charge in [0.05, 0.1) is 4.91 Å². The number of carbonyl (C=O) groups is 2. The van der Waals surface area contributed by atoms with Gasteiger partial charge in [-0.25, -0.2) is 0 Å². The first kappa shape index (κ1) is 18.1. The standard InChI is InChI=1S/C23H17NO3S/c25-22-21(28-23(26)24-22)14-17-11-12-20(27-15-16-7-3-1-4-8-16)19(13-17)18-9-5-2-6-10-18/h1-14H,15H2,(H,24,25,26)/b21-14-. The van der Waals surface area contributed by atoms with Crippen LogP contribution in [0.15, 0.2) is 83.8 Å². The highest BCUT2D eigenvalue weighted by Gasteiger charge is 2.25. The molecule has 1 heterocycles. The quantitative estimate of drug-likeness (QED) is 0.607. The Labute approximate surface area is 167 Å². The summed E-state index contributed by atoms with van der Waals surface area (Å²) in [6.45, 7) is 0.466. The second kappa shape index (κ2) is 8.15. The summed E-state index contributed by atoms with van der Waals surface area (Å²) in [7, 11) is 0. The van der Waals surface area contributed by atoms with Crippen LogP contribution >= 0.6 is 11.8 Å². The Bertz CT molecular complexity index is 1050. The SMILES string of the molecule is O=C1NC(=O)/C(=C/c2ccc(OCc3ccccc3)c(-c3ccccc3)c2)S1. The molecule has 1 aliphatic heterocycles. The summed E-state index contributed by atoms with van der Waals surface area (Å²) in [6, 6.07) is 25.7. The van der Waals surface area contributed by atoms with Gasteiger partial charge in [0, 0.05) is 5.56 Å². The molecule has 4 rings (SSSR count). The maximum absolute atomic E-state index is 11.8. The molecule has 5 heteroatoms. The lowest BCUT2D eigenvalue weighted by molar-refractivity contribution is -0.115. The molecule has 3 aromatic rings. The summed E-state index contributed by atoms with van der Waals surface area (Å²) in [5.41, 5.74) is 3.87. The van der Waals surface area contributed by atoms with Crippen LogP contribution in [0.2, 0.25) is 0 Å². The number of imide groups is 1. The van der Waals surface area contributed by atoms with Crippen molar-refractivity contribution in [3.8, 4) is 16.9 Å². The summed E-state index contributed by atoms with van der Waals surface area (Å²) in [4.78, 5) is 23.6. The van der Waals surface area contributed by atoms with Crippen LogP contribution in [0, 0.1) is 0 Å². The van der Waals surface area contributed by atoms with Gasteiger partial charge in [-0.2, -0.15) is 0 Å². The Hall–Kier alpha value is -3.31. The molecule has 1 fully saturated rings. The average Bonchev–Trinajstić information content (AvgIpc) is 3.05. The zero-order valence-electron chi connectivity index (χ0n) is 14.9. The van der Waals surface area contributed by atoms with Gasteiger partial charge in [0.2, 0.25) is 0 Å². The van der Waals surface area contributed by atoms with Crippen LogP contribution in [-0.2, 0) is 11.4 Å². The van der Waals surface area contributed by atoms with E-state index in [1.54, 1.807) is 6.08 Å². The number of benzene rings is 3. The minimum absolute atomic E-state index is 0.345. The van der Waals surface area contributed by atoms with Gasteiger partial charge in [-0.1, -0.05) is 66.7 Å². The lowest BCUT2D eigenvalue weighted by Crippen LogP contribution is -2.17. The third-order valence-corrected chi connectivity index (χ3v) is 5.08. The highest BCUT2D eigenvalue weighted by Crippen LogP contribution is 2.33. The minimum Gasteiger partial charge on any atom is -0.488 e. The molecule has 0 aromatic heterocycles. The maximum atomic E-state index is 11.8. The molecule has 0 spiro atoms. The molecule has 4 nitrogen and oxygen atoms in total. The number of ether oxygens (including phenoxy) is 1. The summed E-state index contributed by atoms with van der Waals surface area (Å²) >= 11 is 0.912. The lowest BCUT2D eigenvalue weighted by Gasteiger charge is -2.13. The zero-order valence-corrected chi connectivity index (χ0v) is 15.7. The van der Waals surface area contributed by atoms with Gasteiger partial charge in [-0.05, 0) is 46.7 Å². The van der Waals surface area contributed by atoms with E-state index < -0.39 is 0 Å². The molecule has 2 amide bonds. The lowest BCUT2D eigenvalue weighted by atomic mass is 10.0. The predicted octanol–water partition coefficient (Wildman–Crippen LogP) is 5.26. The summed E-state index contributed by atoms with van der Waals surface area (Å²) in [6.07, 6.45) is 1.72. The normalized spacial score (nSPS) is 14.9. The van der Waals surface area contributed by atoms with E-state index in [2.05, 4.69) is 5.32 Å². The first-order valence-corrected chi connectivity index (χ1v) is 9.62. The number of carbonyl (C=O) groups excluding carboxylic acids is 2. The number of hydrogen-bond donors (Lipinski definition) is 1. The van der Waals surface area contributed by atoms with Crippen LogP contribution in [0.1, 0.15) is 11.1 Å². The van der Waals surface area contributed by atoms with Crippen LogP contribution in [0.4, 0.5) is 4.79 Å². The fraction of sp³-hybridized carbons (Fsp3) is 0.0435. The molecule has 1 N–H and O–H groups in total. The highest BCUT2D eigenvalue weighted by molar-refractivity contribution is 8.18. The molecular weight excluding hydrogens is 370 g/mol. The number of amides is 2. The third kappa shape index (κ3) is 4.15. The molecular formula is C23H17NO3S. The number of nitrogens with one attached hydrogen (secondary N) is 1. The molecule has 0 unspecified atom stereocenters. The highest BCUT2D eigenvalue weighted by atomic mass is 32.2. The van der Waals surface area contributed by atoms with Crippen molar-refractivity contribution in [2.45, 2.75) is 6.61 Å². The fourth-order valence-electron chi connectivity index (χ4n) is 2.91. The van der Waals surface area contributed by atoms with Gasteiger partial charge >= 0.3 is 0 Å². The van der Waals surface area contributed by atoms with E-state index in [-0.39, 0.29) is 11.1 Å². The summed E-state index contributed by atoms with van der Waals surface area (Å²) < 4.78 is 6.08. The van der Waals surface area contributed by atoms with Crippen molar-refractivity contribution in [2.75, 3.05) is 0 Å². The van der Waals surface area contributed by atoms with E-state index in [0.717, 1.165) is 39.8 Å². The first-order chi connectivity index (χ1) is 13.7. The van der Waals surface area contributed by atoms with Gasteiger partial charge in [0.1, 0.15) is 12.4 Å². The first-order valence-electron chi connectivity index (χ1n) is 8.80. The van der Waals surface area contributed by atoms with Gasteiger partial charge < -0.3 is 4.74 Å². The van der Waals surface area contributed by atoms with Crippen LogP contribution in [0.5, 0.6) is 5.75 Å². The van der Waals surface area contributed by atoms with Crippen molar-refractivity contribution in [2.24, 2.45) is 0 Å². The summed E-state index contributed by atoms with van der Waals surface area (Å²) in [5, 5.41) is 1.93. The predicted molar refractivity (Wildman–Crippen MR) is 112 cm³/mol. The Morgan fingerprint density at radius 3 is 2.29 bits per heavy atom. The van der Waals surface area contributed by atoms with E-state index >= 15 is 0 Å². The molecule has 3 aromatic carbocycles. The Kier molecular flexibility index (Phi) is 5.26. The number of thioether (sulfide) groups is 1. The van der Waals surface area contributed by atoms with Crippen LogP contribution in [-0.4, -0.2) is 11.1 Å². The van der Waals surface area contributed by atoms with Crippen molar-refractivity contribution in [3.63, 3.8) is 0 Å². The number of rotatable bonds is 5. The fourth-order valence-corrected chi connectivity index (χ4v) is 3.60. The molecule has 0 aliphatic carbocycles. The van der Waals surface area contributed by atoms with Crippen LogP contribution in [0.3, 0.4) is 0 Å². The maximum Gasteiger partial charge on any atom is 0.290 e. The molecule has 28 heavy (non-hydrogen) atoms. The zero-order chi connectivity index (χ0) is 19.3. The van der Waals surface area contributed by atoms with Crippen molar-refractivity contribution < 1.29 is 14.3 Å². The topological polar surface area (TPSA) is 55.4 Å². The molecule has 0 atom stereocenters. The van der Waals surface area contributed by atoms with Crippen molar-refractivity contribution in [3.05, 3.63) is 94.9 Å². The Morgan fingerprint density at radius 2 is 1.61 bits per heavy atom. The van der Waals surface area contributed by atoms with E-state index in [0.29, 0.717) is 11.5 Å². The molecule has 1 saturated heterocycles. The van der Waals surface area contributed by atoms with Crippen LogP contribution < -0.4 is 10.1 Å². The van der Waals surface area contributed by atoms with E-state index in [4.69, 9.17) is 4.74 Å². The van der Waals surface area contributed by atoms with Crippen molar-refractivity contribution in [1.82, 2.24) is 5.32 Å². The third-order valence-electron chi connectivity index (χ3n) is 4.27. The van der Waals surface area contributed by atoms with Crippen LogP contribution in [0.25, 0.3) is 17.2 Å². The van der Waals surface area contributed by atoms with Gasteiger partial charge in [-0.15, -0.1) is 0 Å². The van der Waals surface area contributed by atoms with E-state index in [9.17, 15) is 9.59 Å². The Balaban J connectivity index is 1.67. The molecule has 1 aliphatic rings. The second-order valence-electron chi connectivity index (χ2n) is 6.25. The smallest absolute Gasteiger partial charge is 0.290 e. The molecule has 0 radical (unpaired) electrons. The summed E-state index contributed by atoms with van der Waals surface area (Å²) in [5.74, 6) is 0.400. The van der Waals surface area contributed by atoms with Gasteiger partial charge in [0.25, 0.3) is 11.1 Å². The Morgan fingerprint density at radius 1 is 0.893 bits per heavy atom.